The standard InChI is InChI=1S/C21H21N3O6S/c1-29-18-7-5-15-11-22-23(21(26)19(15)20(18)30-2)12-17(25)14-4-6-16-13(10-14)8-9-24(16)31(3,27)28/h4-7,10-11H,8-9,12H2,1-3H3. The predicted molar refractivity (Wildman–Crippen MR) is 116 cm³/mol. The van der Waals surface area contributed by atoms with Crippen LogP contribution < -0.4 is 19.3 Å². The number of hydrogen-bond acceptors (Lipinski definition) is 7. The second-order valence-electron chi connectivity index (χ2n) is 7.22. The van der Waals surface area contributed by atoms with E-state index in [1.165, 1.54) is 24.7 Å². The molecule has 0 bridgehead atoms. The Balaban J connectivity index is 1.68. The Labute approximate surface area is 178 Å². The van der Waals surface area contributed by atoms with Crippen molar-refractivity contribution in [2.45, 2.75) is 13.0 Å². The molecule has 0 radical (unpaired) electrons. The van der Waals surface area contributed by atoms with Crippen LogP contribution in [0.15, 0.2) is 41.3 Å². The highest BCUT2D eigenvalue weighted by Gasteiger charge is 2.27. The zero-order valence-corrected chi connectivity index (χ0v) is 18.1. The van der Waals surface area contributed by atoms with Gasteiger partial charge >= 0.3 is 0 Å². The van der Waals surface area contributed by atoms with Gasteiger partial charge in [-0.1, -0.05) is 0 Å². The molecule has 0 amide bonds. The number of rotatable bonds is 6. The van der Waals surface area contributed by atoms with Crippen LogP contribution in [0.4, 0.5) is 5.69 Å². The number of aromatic nitrogens is 2. The Morgan fingerprint density at radius 2 is 1.94 bits per heavy atom. The third kappa shape index (κ3) is 3.63. The molecule has 0 saturated carbocycles. The molecule has 0 N–H and O–H groups in total. The Kier molecular flexibility index (Phi) is 5.18. The zero-order chi connectivity index (χ0) is 22.3. The van der Waals surface area contributed by atoms with E-state index in [4.69, 9.17) is 9.47 Å². The van der Waals surface area contributed by atoms with Crippen molar-refractivity contribution in [3.8, 4) is 11.5 Å². The van der Waals surface area contributed by atoms with Gasteiger partial charge < -0.3 is 9.47 Å². The van der Waals surface area contributed by atoms with Gasteiger partial charge in [0.1, 0.15) is 6.54 Å². The summed E-state index contributed by atoms with van der Waals surface area (Å²) >= 11 is 0. The molecule has 1 aromatic heterocycles. The molecule has 0 unspecified atom stereocenters. The molecular weight excluding hydrogens is 422 g/mol. The largest absolute Gasteiger partial charge is 0.493 e. The van der Waals surface area contributed by atoms with Crippen molar-refractivity contribution in [1.82, 2.24) is 9.78 Å². The topological polar surface area (TPSA) is 108 Å². The number of ether oxygens (including phenoxy) is 2. The highest BCUT2D eigenvalue weighted by molar-refractivity contribution is 7.92. The van der Waals surface area contributed by atoms with Gasteiger partial charge in [0.05, 0.1) is 37.7 Å². The summed E-state index contributed by atoms with van der Waals surface area (Å²) in [7, 11) is -0.446. The van der Waals surface area contributed by atoms with Crippen LogP contribution in [0.1, 0.15) is 15.9 Å². The van der Waals surface area contributed by atoms with E-state index < -0.39 is 15.6 Å². The molecule has 4 rings (SSSR count). The Hall–Kier alpha value is -3.40. The van der Waals surface area contributed by atoms with Crippen LogP contribution in [0.2, 0.25) is 0 Å². The lowest BCUT2D eigenvalue weighted by Gasteiger charge is -2.16. The minimum Gasteiger partial charge on any atom is -0.493 e. The Bertz CT molecular complexity index is 1360. The normalized spacial score (nSPS) is 13.3. The van der Waals surface area contributed by atoms with Crippen molar-refractivity contribution in [3.63, 3.8) is 0 Å². The monoisotopic (exact) mass is 443 g/mol. The molecule has 2 aromatic carbocycles. The molecule has 0 spiro atoms. The first kappa shape index (κ1) is 20.9. The number of Topliss-reactive ketones (excluding diaryl/α,β-unsaturated/α-hetero) is 1. The van der Waals surface area contributed by atoms with Crippen LogP contribution in [0.5, 0.6) is 11.5 Å². The summed E-state index contributed by atoms with van der Waals surface area (Å²) in [5, 5.41) is 4.97. The molecule has 0 aliphatic carbocycles. The number of hydrogen-bond donors (Lipinski definition) is 0. The van der Waals surface area contributed by atoms with E-state index in [-0.39, 0.29) is 23.5 Å². The maximum Gasteiger partial charge on any atom is 0.278 e. The highest BCUT2D eigenvalue weighted by atomic mass is 32.2. The van der Waals surface area contributed by atoms with Gasteiger partial charge in [0.2, 0.25) is 10.0 Å². The second-order valence-corrected chi connectivity index (χ2v) is 9.13. The van der Waals surface area contributed by atoms with Gasteiger partial charge in [0.15, 0.2) is 17.3 Å². The number of anilines is 1. The van der Waals surface area contributed by atoms with Crippen LogP contribution >= 0.6 is 0 Å². The van der Waals surface area contributed by atoms with E-state index in [1.54, 1.807) is 30.3 Å². The summed E-state index contributed by atoms with van der Waals surface area (Å²) in [5.74, 6) is 0.383. The van der Waals surface area contributed by atoms with Gasteiger partial charge in [-0.05, 0) is 42.3 Å². The fourth-order valence-electron chi connectivity index (χ4n) is 3.81. The number of methoxy groups -OCH3 is 2. The number of benzene rings is 2. The summed E-state index contributed by atoms with van der Waals surface area (Å²) in [6.45, 7) is 0.0862. The molecule has 31 heavy (non-hydrogen) atoms. The van der Waals surface area contributed by atoms with Crippen molar-refractivity contribution < 1.29 is 22.7 Å². The average molecular weight is 443 g/mol. The fourth-order valence-corrected chi connectivity index (χ4v) is 4.77. The van der Waals surface area contributed by atoms with Gasteiger partial charge in [-0.15, -0.1) is 0 Å². The molecule has 0 atom stereocenters. The van der Waals surface area contributed by atoms with Crippen molar-refractivity contribution in [1.29, 1.82) is 0 Å². The lowest BCUT2D eigenvalue weighted by Crippen LogP contribution is -2.27. The Morgan fingerprint density at radius 3 is 2.61 bits per heavy atom. The molecule has 1 aliphatic heterocycles. The number of fused-ring (bicyclic) bond motifs is 2. The molecule has 3 aromatic rings. The van der Waals surface area contributed by atoms with Crippen molar-refractivity contribution in [2.75, 3.05) is 31.3 Å². The van der Waals surface area contributed by atoms with Gasteiger partial charge in [0, 0.05) is 17.5 Å². The summed E-state index contributed by atoms with van der Waals surface area (Å²) in [4.78, 5) is 25.9. The van der Waals surface area contributed by atoms with Gasteiger partial charge in [0.25, 0.3) is 5.56 Å². The quantitative estimate of drug-likeness (QED) is 0.533. The first-order valence-electron chi connectivity index (χ1n) is 9.49. The summed E-state index contributed by atoms with van der Waals surface area (Å²) in [5.41, 5.74) is 1.28. The van der Waals surface area contributed by atoms with Gasteiger partial charge in [-0.25, -0.2) is 13.1 Å². The maximum absolute atomic E-state index is 13.0. The molecular formula is C21H21N3O6S. The molecule has 10 heteroatoms. The first-order chi connectivity index (χ1) is 14.7. The van der Waals surface area contributed by atoms with Crippen molar-refractivity contribution in [3.05, 3.63) is 58.0 Å². The SMILES string of the molecule is COc1ccc2cnn(CC(=O)c3ccc4c(c3)CCN4S(C)(=O)=O)c(=O)c2c1OC. The third-order valence-electron chi connectivity index (χ3n) is 5.31. The molecule has 2 heterocycles. The van der Waals surface area contributed by atoms with E-state index in [1.807, 2.05) is 0 Å². The number of carbonyl (C=O) groups excluding carboxylic acids is 1. The smallest absolute Gasteiger partial charge is 0.278 e. The van der Waals surface area contributed by atoms with E-state index in [9.17, 15) is 18.0 Å². The zero-order valence-electron chi connectivity index (χ0n) is 17.3. The Morgan fingerprint density at radius 1 is 1.16 bits per heavy atom. The summed E-state index contributed by atoms with van der Waals surface area (Å²) in [6.07, 6.45) is 3.18. The van der Waals surface area contributed by atoms with E-state index in [2.05, 4.69) is 5.10 Å². The van der Waals surface area contributed by atoms with Crippen molar-refractivity contribution in [2.24, 2.45) is 0 Å². The third-order valence-corrected chi connectivity index (χ3v) is 6.49. The lowest BCUT2D eigenvalue weighted by molar-refractivity contribution is 0.0966. The van der Waals surface area contributed by atoms with Crippen molar-refractivity contribution >= 4 is 32.3 Å². The first-order valence-corrected chi connectivity index (χ1v) is 11.3. The van der Waals surface area contributed by atoms with E-state index >= 15 is 0 Å². The average Bonchev–Trinajstić information content (AvgIpc) is 3.18. The van der Waals surface area contributed by atoms with Gasteiger partial charge in [-0.3, -0.25) is 13.9 Å². The number of carbonyl (C=O) groups is 1. The van der Waals surface area contributed by atoms with Crippen LogP contribution in [-0.4, -0.2) is 51.0 Å². The van der Waals surface area contributed by atoms with Crippen LogP contribution in [0, 0.1) is 0 Å². The minimum atomic E-state index is -3.37. The molecule has 1 aliphatic rings. The predicted octanol–water partition coefficient (Wildman–Crippen LogP) is 1.62. The summed E-state index contributed by atoms with van der Waals surface area (Å²) < 4.78 is 36.8. The number of ketones is 1. The molecule has 0 fully saturated rings. The lowest BCUT2D eigenvalue weighted by atomic mass is 10.1. The second kappa shape index (κ2) is 7.69. The minimum absolute atomic E-state index is 0.260. The molecule has 9 nitrogen and oxygen atoms in total. The fraction of sp³-hybridized carbons (Fsp3) is 0.286. The summed E-state index contributed by atoms with van der Waals surface area (Å²) in [6, 6.07) is 8.26. The molecule has 0 saturated heterocycles. The van der Waals surface area contributed by atoms with Gasteiger partial charge in [-0.2, -0.15) is 5.10 Å². The van der Waals surface area contributed by atoms with Crippen LogP contribution in [0.25, 0.3) is 10.8 Å². The van der Waals surface area contributed by atoms with Crippen LogP contribution in [0.3, 0.4) is 0 Å². The van der Waals surface area contributed by atoms with E-state index in [0.717, 1.165) is 16.5 Å². The highest BCUT2D eigenvalue weighted by Crippen LogP contribution is 2.33. The maximum atomic E-state index is 13.0. The molecule has 162 valence electrons. The number of nitrogens with zero attached hydrogens (tertiary/aromatic N) is 3. The van der Waals surface area contributed by atoms with E-state index in [0.29, 0.717) is 35.4 Å². The van der Waals surface area contributed by atoms with Crippen LogP contribution in [-0.2, 0) is 23.0 Å². The number of sulfonamides is 1.